The van der Waals surface area contributed by atoms with Gasteiger partial charge in [-0.2, -0.15) is 0 Å². The first kappa shape index (κ1) is 12.0. The van der Waals surface area contributed by atoms with E-state index < -0.39 is 0 Å². The monoisotopic (exact) mass is 249 g/mol. The molecular formula is C14H19NO3. The topological polar surface area (TPSA) is 53.7 Å². The molecule has 1 aliphatic heterocycles. The quantitative estimate of drug-likeness (QED) is 0.867. The Morgan fingerprint density at radius 2 is 1.83 bits per heavy atom. The van der Waals surface area contributed by atoms with Crippen molar-refractivity contribution in [3.63, 3.8) is 0 Å². The fraction of sp³-hybridized carbons (Fsp3) is 0.571. The fourth-order valence-electron chi connectivity index (χ4n) is 2.06. The molecule has 4 heteroatoms. The van der Waals surface area contributed by atoms with Crippen molar-refractivity contribution in [3.8, 4) is 5.75 Å². The van der Waals surface area contributed by atoms with Crippen LogP contribution in [-0.4, -0.2) is 25.6 Å². The van der Waals surface area contributed by atoms with E-state index in [1.807, 2.05) is 24.3 Å². The molecule has 2 aliphatic rings. The SMILES string of the molecule is NC(CC1OCCO1)c1ccc(OC2CC2)cc1. The van der Waals surface area contributed by atoms with Crippen molar-refractivity contribution in [2.45, 2.75) is 37.7 Å². The summed E-state index contributed by atoms with van der Waals surface area (Å²) in [6.45, 7) is 1.34. The lowest BCUT2D eigenvalue weighted by atomic mass is 10.0. The second-order valence-electron chi connectivity index (χ2n) is 4.90. The molecule has 18 heavy (non-hydrogen) atoms. The van der Waals surface area contributed by atoms with Crippen molar-refractivity contribution >= 4 is 0 Å². The number of nitrogens with two attached hydrogens (primary N) is 1. The second kappa shape index (κ2) is 5.26. The Morgan fingerprint density at radius 1 is 1.17 bits per heavy atom. The lowest BCUT2D eigenvalue weighted by Gasteiger charge is -2.16. The maximum absolute atomic E-state index is 6.14. The van der Waals surface area contributed by atoms with Crippen LogP contribution in [0.2, 0.25) is 0 Å². The molecule has 1 aromatic rings. The molecule has 0 bridgehead atoms. The average molecular weight is 249 g/mol. The van der Waals surface area contributed by atoms with Gasteiger partial charge in [0.15, 0.2) is 6.29 Å². The van der Waals surface area contributed by atoms with Gasteiger partial charge in [0.25, 0.3) is 0 Å². The van der Waals surface area contributed by atoms with Crippen LogP contribution in [0.5, 0.6) is 5.75 Å². The largest absolute Gasteiger partial charge is 0.490 e. The molecule has 2 fully saturated rings. The van der Waals surface area contributed by atoms with Crippen LogP contribution in [0, 0.1) is 0 Å². The second-order valence-corrected chi connectivity index (χ2v) is 4.90. The summed E-state index contributed by atoms with van der Waals surface area (Å²) in [6, 6.07) is 7.98. The van der Waals surface area contributed by atoms with Crippen molar-refractivity contribution in [1.82, 2.24) is 0 Å². The summed E-state index contributed by atoms with van der Waals surface area (Å²) in [5, 5.41) is 0. The molecule has 1 saturated carbocycles. The molecule has 1 saturated heterocycles. The highest BCUT2D eigenvalue weighted by molar-refractivity contribution is 5.29. The number of benzene rings is 1. The minimum atomic E-state index is -0.151. The first-order valence-electron chi connectivity index (χ1n) is 6.56. The number of hydrogen-bond donors (Lipinski definition) is 1. The molecule has 0 aromatic heterocycles. The highest BCUT2D eigenvalue weighted by atomic mass is 16.7. The third kappa shape index (κ3) is 3.02. The van der Waals surface area contributed by atoms with Crippen LogP contribution in [-0.2, 0) is 9.47 Å². The van der Waals surface area contributed by atoms with Crippen LogP contribution < -0.4 is 10.5 Å². The van der Waals surface area contributed by atoms with Gasteiger partial charge in [0, 0.05) is 12.5 Å². The van der Waals surface area contributed by atoms with Crippen LogP contribution in [0.25, 0.3) is 0 Å². The summed E-state index contributed by atoms with van der Waals surface area (Å²) in [5.41, 5.74) is 7.23. The maximum atomic E-state index is 6.14. The molecule has 0 radical (unpaired) electrons. The average Bonchev–Trinajstić information content (AvgIpc) is 3.04. The van der Waals surface area contributed by atoms with Gasteiger partial charge < -0.3 is 19.9 Å². The van der Waals surface area contributed by atoms with Crippen LogP contribution in [0.3, 0.4) is 0 Å². The molecule has 3 rings (SSSR count). The van der Waals surface area contributed by atoms with Gasteiger partial charge in [-0.25, -0.2) is 0 Å². The lowest BCUT2D eigenvalue weighted by molar-refractivity contribution is -0.0507. The fourth-order valence-corrected chi connectivity index (χ4v) is 2.06. The Hall–Kier alpha value is -1.10. The van der Waals surface area contributed by atoms with Crippen molar-refractivity contribution in [2.24, 2.45) is 5.73 Å². The molecule has 2 N–H and O–H groups in total. The number of ether oxygens (including phenoxy) is 3. The normalized spacial score (nSPS) is 22.1. The predicted molar refractivity (Wildman–Crippen MR) is 67.3 cm³/mol. The zero-order valence-electron chi connectivity index (χ0n) is 10.4. The summed E-state index contributed by atoms with van der Waals surface area (Å²) < 4.78 is 16.5. The smallest absolute Gasteiger partial charge is 0.159 e. The van der Waals surface area contributed by atoms with Crippen molar-refractivity contribution in [3.05, 3.63) is 29.8 Å². The van der Waals surface area contributed by atoms with Gasteiger partial charge in [0.05, 0.1) is 19.3 Å². The van der Waals surface area contributed by atoms with Crippen molar-refractivity contribution in [2.75, 3.05) is 13.2 Å². The standard InChI is InChI=1S/C14H19NO3/c15-13(9-14-16-7-8-17-14)10-1-3-11(4-2-10)18-12-5-6-12/h1-4,12-14H,5-9,15H2. The van der Waals surface area contributed by atoms with Crippen molar-refractivity contribution < 1.29 is 14.2 Å². The summed E-state index contributed by atoms with van der Waals surface area (Å²) in [6.07, 6.45) is 3.34. The molecule has 4 nitrogen and oxygen atoms in total. The van der Waals surface area contributed by atoms with E-state index in [1.54, 1.807) is 0 Å². The molecule has 1 aliphatic carbocycles. The van der Waals surface area contributed by atoms with E-state index in [0.717, 1.165) is 11.3 Å². The number of hydrogen-bond acceptors (Lipinski definition) is 4. The minimum Gasteiger partial charge on any atom is -0.490 e. The predicted octanol–water partition coefficient (Wildman–Crippen LogP) is 1.99. The lowest BCUT2D eigenvalue weighted by Crippen LogP contribution is -2.19. The van der Waals surface area contributed by atoms with E-state index in [2.05, 4.69) is 0 Å². The molecule has 98 valence electrons. The van der Waals surface area contributed by atoms with Crippen LogP contribution >= 0.6 is 0 Å². The molecule has 1 atom stereocenters. The summed E-state index contributed by atoms with van der Waals surface area (Å²) in [5.74, 6) is 0.932. The van der Waals surface area contributed by atoms with E-state index >= 15 is 0 Å². The van der Waals surface area contributed by atoms with E-state index in [9.17, 15) is 0 Å². The molecule has 0 amide bonds. The van der Waals surface area contributed by atoms with Gasteiger partial charge in [-0.15, -0.1) is 0 Å². The molecule has 1 aromatic carbocycles. The maximum Gasteiger partial charge on any atom is 0.159 e. The first-order chi connectivity index (χ1) is 8.81. The minimum absolute atomic E-state index is 0.0527. The molecule has 0 spiro atoms. The Kier molecular flexibility index (Phi) is 3.50. The van der Waals surface area contributed by atoms with E-state index in [0.29, 0.717) is 25.7 Å². The summed E-state index contributed by atoms with van der Waals surface area (Å²) in [4.78, 5) is 0. The third-order valence-electron chi connectivity index (χ3n) is 3.27. The Morgan fingerprint density at radius 3 is 2.44 bits per heavy atom. The van der Waals surface area contributed by atoms with E-state index in [1.165, 1.54) is 12.8 Å². The van der Waals surface area contributed by atoms with E-state index in [4.69, 9.17) is 19.9 Å². The zero-order chi connectivity index (χ0) is 12.4. The van der Waals surface area contributed by atoms with Gasteiger partial charge in [-0.1, -0.05) is 12.1 Å². The van der Waals surface area contributed by atoms with Crippen molar-refractivity contribution in [1.29, 1.82) is 0 Å². The molecular weight excluding hydrogens is 230 g/mol. The first-order valence-corrected chi connectivity index (χ1v) is 6.56. The van der Waals surface area contributed by atoms with Gasteiger partial charge in [0.1, 0.15) is 5.75 Å². The van der Waals surface area contributed by atoms with Gasteiger partial charge in [-0.05, 0) is 30.5 Å². The molecule has 1 unspecified atom stereocenters. The third-order valence-corrected chi connectivity index (χ3v) is 3.27. The highest BCUT2D eigenvalue weighted by Gasteiger charge is 2.24. The van der Waals surface area contributed by atoms with E-state index in [-0.39, 0.29) is 12.3 Å². The van der Waals surface area contributed by atoms with Gasteiger partial charge in [-0.3, -0.25) is 0 Å². The summed E-state index contributed by atoms with van der Waals surface area (Å²) in [7, 11) is 0. The van der Waals surface area contributed by atoms with Gasteiger partial charge in [0.2, 0.25) is 0 Å². The summed E-state index contributed by atoms with van der Waals surface area (Å²) >= 11 is 0. The van der Waals surface area contributed by atoms with Gasteiger partial charge >= 0.3 is 0 Å². The molecule has 1 heterocycles. The zero-order valence-corrected chi connectivity index (χ0v) is 10.4. The van der Waals surface area contributed by atoms with Crippen LogP contribution in [0.1, 0.15) is 30.9 Å². The Bertz CT molecular complexity index is 383. The van der Waals surface area contributed by atoms with Crippen LogP contribution in [0.15, 0.2) is 24.3 Å². The highest BCUT2D eigenvalue weighted by Crippen LogP contribution is 2.28. The Labute approximate surface area is 107 Å². The number of rotatable bonds is 5. The Balaban J connectivity index is 1.56. The van der Waals surface area contributed by atoms with Crippen LogP contribution in [0.4, 0.5) is 0 Å².